The van der Waals surface area contributed by atoms with Gasteiger partial charge in [0.15, 0.2) is 0 Å². The third-order valence-electron chi connectivity index (χ3n) is 3.23. The van der Waals surface area contributed by atoms with Crippen LogP contribution in [-0.2, 0) is 4.79 Å². The maximum absolute atomic E-state index is 11.1. The Kier molecular flexibility index (Phi) is 3.99. The van der Waals surface area contributed by atoms with Crippen LogP contribution in [0.25, 0.3) is 0 Å². The molecule has 0 aliphatic heterocycles. The number of hydrogen-bond donors (Lipinski definition) is 2. The third kappa shape index (κ3) is 3.19. The maximum atomic E-state index is 11.1. The number of amides is 1. The summed E-state index contributed by atoms with van der Waals surface area (Å²) in [5, 5.41) is 3.40. The van der Waals surface area contributed by atoms with Gasteiger partial charge in [-0.25, -0.2) is 4.98 Å². The summed E-state index contributed by atoms with van der Waals surface area (Å²) in [5.41, 5.74) is 5.31. The Labute approximate surface area is 109 Å². The molecule has 0 spiro atoms. The number of carbonyl (C=O) groups excluding carboxylic acids is 1. The summed E-state index contributed by atoms with van der Waals surface area (Å²) < 4.78 is 0.969. The fourth-order valence-corrected chi connectivity index (χ4v) is 2.58. The van der Waals surface area contributed by atoms with E-state index in [1.165, 1.54) is 0 Å². The first-order chi connectivity index (χ1) is 8.16. The molecule has 3 N–H and O–H groups in total. The SMILES string of the molecule is NC(=O)C1CCC(Nc2ncccc2Br)CC1. The van der Waals surface area contributed by atoms with Crippen molar-refractivity contribution < 1.29 is 4.79 Å². The predicted molar refractivity (Wildman–Crippen MR) is 70.5 cm³/mol. The average Bonchev–Trinajstić information content (AvgIpc) is 2.33. The molecule has 2 rings (SSSR count). The molecule has 1 amide bonds. The van der Waals surface area contributed by atoms with Gasteiger partial charge in [-0.1, -0.05) is 0 Å². The Hall–Kier alpha value is -1.10. The van der Waals surface area contributed by atoms with Crippen LogP contribution in [0.1, 0.15) is 25.7 Å². The first-order valence-corrected chi connectivity index (χ1v) is 6.62. The van der Waals surface area contributed by atoms with E-state index in [-0.39, 0.29) is 11.8 Å². The van der Waals surface area contributed by atoms with Gasteiger partial charge in [0.25, 0.3) is 0 Å². The minimum absolute atomic E-state index is 0.0558. The Morgan fingerprint density at radius 1 is 1.41 bits per heavy atom. The number of nitrogens with zero attached hydrogens (tertiary/aromatic N) is 1. The molecule has 1 aliphatic rings. The number of halogens is 1. The van der Waals surface area contributed by atoms with Crippen molar-refractivity contribution >= 4 is 27.7 Å². The fourth-order valence-electron chi connectivity index (χ4n) is 2.21. The summed E-state index contributed by atoms with van der Waals surface area (Å²) in [5.74, 6) is 0.762. The maximum Gasteiger partial charge on any atom is 0.220 e. The molecular weight excluding hydrogens is 282 g/mol. The van der Waals surface area contributed by atoms with Crippen LogP contribution in [0.2, 0.25) is 0 Å². The van der Waals surface area contributed by atoms with Crippen LogP contribution >= 0.6 is 15.9 Å². The number of hydrogen-bond acceptors (Lipinski definition) is 3. The van der Waals surface area contributed by atoms with Gasteiger partial charge in [-0.15, -0.1) is 0 Å². The zero-order valence-corrected chi connectivity index (χ0v) is 11.1. The van der Waals surface area contributed by atoms with Gasteiger partial charge in [0.1, 0.15) is 5.82 Å². The van der Waals surface area contributed by atoms with Crippen molar-refractivity contribution in [3.05, 3.63) is 22.8 Å². The van der Waals surface area contributed by atoms with Gasteiger partial charge < -0.3 is 11.1 Å². The number of pyridine rings is 1. The smallest absolute Gasteiger partial charge is 0.220 e. The van der Waals surface area contributed by atoms with Crippen molar-refractivity contribution in [2.75, 3.05) is 5.32 Å². The summed E-state index contributed by atoms with van der Waals surface area (Å²) in [6, 6.07) is 4.24. The van der Waals surface area contributed by atoms with E-state index in [0.717, 1.165) is 36.0 Å². The molecule has 92 valence electrons. The van der Waals surface area contributed by atoms with E-state index in [2.05, 4.69) is 26.2 Å². The highest BCUT2D eigenvalue weighted by Crippen LogP contribution is 2.27. The van der Waals surface area contributed by atoms with Gasteiger partial charge >= 0.3 is 0 Å². The molecule has 1 saturated carbocycles. The van der Waals surface area contributed by atoms with Crippen LogP contribution < -0.4 is 11.1 Å². The molecule has 0 radical (unpaired) electrons. The van der Waals surface area contributed by atoms with Crippen LogP contribution in [0, 0.1) is 5.92 Å². The van der Waals surface area contributed by atoms with Crippen molar-refractivity contribution in [1.29, 1.82) is 0 Å². The largest absolute Gasteiger partial charge is 0.369 e. The molecule has 0 atom stereocenters. The molecule has 0 saturated heterocycles. The molecule has 5 heteroatoms. The van der Waals surface area contributed by atoms with Crippen LogP contribution in [0.5, 0.6) is 0 Å². The Morgan fingerprint density at radius 2 is 2.12 bits per heavy atom. The summed E-state index contributed by atoms with van der Waals surface area (Å²) in [7, 11) is 0. The van der Waals surface area contributed by atoms with E-state index >= 15 is 0 Å². The van der Waals surface area contributed by atoms with Crippen LogP contribution in [-0.4, -0.2) is 16.9 Å². The number of carbonyl (C=O) groups is 1. The highest BCUT2D eigenvalue weighted by molar-refractivity contribution is 9.10. The zero-order valence-electron chi connectivity index (χ0n) is 9.53. The van der Waals surface area contributed by atoms with Gasteiger partial charge in [0.05, 0.1) is 4.47 Å². The monoisotopic (exact) mass is 297 g/mol. The Morgan fingerprint density at radius 3 is 2.71 bits per heavy atom. The van der Waals surface area contributed by atoms with Gasteiger partial charge in [0, 0.05) is 18.2 Å². The standard InChI is InChI=1S/C12H16BrN3O/c13-10-2-1-7-15-12(10)16-9-5-3-8(4-6-9)11(14)17/h1-2,7-9H,3-6H2,(H2,14,17)(H,15,16). The molecule has 1 aromatic rings. The molecule has 1 aliphatic carbocycles. The molecule has 4 nitrogen and oxygen atoms in total. The van der Waals surface area contributed by atoms with Crippen LogP contribution in [0.4, 0.5) is 5.82 Å². The van der Waals surface area contributed by atoms with Gasteiger partial charge in [-0.2, -0.15) is 0 Å². The Bertz CT molecular complexity index is 402. The molecule has 1 heterocycles. The quantitative estimate of drug-likeness (QED) is 0.899. The van der Waals surface area contributed by atoms with Crippen molar-refractivity contribution in [2.45, 2.75) is 31.7 Å². The third-order valence-corrected chi connectivity index (χ3v) is 3.87. The van der Waals surface area contributed by atoms with Gasteiger partial charge in [-0.3, -0.25) is 4.79 Å². The second-order valence-corrected chi connectivity index (χ2v) is 5.28. The van der Waals surface area contributed by atoms with E-state index < -0.39 is 0 Å². The zero-order chi connectivity index (χ0) is 12.3. The van der Waals surface area contributed by atoms with E-state index in [1.54, 1.807) is 6.20 Å². The van der Waals surface area contributed by atoms with E-state index in [1.807, 2.05) is 12.1 Å². The van der Waals surface area contributed by atoms with Crippen molar-refractivity contribution in [3.63, 3.8) is 0 Å². The number of primary amides is 1. The highest BCUT2D eigenvalue weighted by Gasteiger charge is 2.24. The molecular formula is C12H16BrN3O. The lowest BCUT2D eigenvalue weighted by atomic mass is 9.85. The fraction of sp³-hybridized carbons (Fsp3) is 0.500. The first-order valence-electron chi connectivity index (χ1n) is 5.83. The van der Waals surface area contributed by atoms with E-state index in [0.29, 0.717) is 6.04 Å². The minimum atomic E-state index is -0.164. The number of aromatic nitrogens is 1. The lowest BCUT2D eigenvalue weighted by Crippen LogP contribution is -2.32. The summed E-state index contributed by atoms with van der Waals surface area (Å²) in [4.78, 5) is 15.3. The van der Waals surface area contributed by atoms with E-state index in [9.17, 15) is 4.79 Å². The Balaban J connectivity index is 1.90. The average molecular weight is 298 g/mol. The van der Waals surface area contributed by atoms with Crippen LogP contribution in [0.3, 0.4) is 0 Å². The second kappa shape index (κ2) is 5.49. The summed E-state index contributed by atoms with van der Waals surface area (Å²) in [6.07, 6.45) is 5.45. The number of rotatable bonds is 3. The first kappa shape index (κ1) is 12.4. The number of nitrogens with one attached hydrogen (secondary N) is 1. The van der Waals surface area contributed by atoms with Crippen molar-refractivity contribution in [1.82, 2.24) is 4.98 Å². The molecule has 1 fully saturated rings. The lowest BCUT2D eigenvalue weighted by molar-refractivity contribution is -0.122. The second-order valence-electron chi connectivity index (χ2n) is 4.43. The van der Waals surface area contributed by atoms with Crippen LogP contribution in [0.15, 0.2) is 22.8 Å². The molecule has 0 bridgehead atoms. The number of nitrogens with two attached hydrogens (primary N) is 1. The van der Waals surface area contributed by atoms with E-state index in [4.69, 9.17) is 5.73 Å². The summed E-state index contributed by atoms with van der Waals surface area (Å²) in [6.45, 7) is 0. The van der Waals surface area contributed by atoms with Gasteiger partial charge in [0.2, 0.25) is 5.91 Å². The predicted octanol–water partition coefficient (Wildman–Crippen LogP) is 2.30. The summed E-state index contributed by atoms with van der Waals surface area (Å²) >= 11 is 3.46. The molecule has 0 unspecified atom stereocenters. The highest BCUT2D eigenvalue weighted by atomic mass is 79.9. The van der Waals surface area contributed by atoms with Gasteiger partial charge in [-0.05, 0) is 53.7 Å². The lowest BCUT2D eigenvalue weighted by Gasteiger charge is -2.27. The van der Waals surface area contributed by atoms with Crippen molar-refractivity contribution in [3.8, 4) is 0 Å². The molecule has 0 aromatic carbocycles. The minimum Gasteiger partial charge on any atom is -0.369 e. The van der Waals surface area contributed by atoms with Crippen molar-refractivity contribution in [2.24, 2.45) is 11.7 Å². The number of anilines is 1. The topological polar surface area (TPSA) is 68.0 Å². The molecule has 17 heavy (non-hydrogen) atoms. The molecule has 1 aromatic heterocycles. The normalized spacial score (nSPS) is 24.3.